The average Bonchev–Trinajstić information content (AvgIpc) is 2.16. The van der Waals surface area contributed by atoms with Crippen molar-refractivity contribution in [1.29, 1.82) is 5.26 Å². The van der Waals surface area contributed by atoms with Gasteiger partial charge in [0.2, 0.25) is 0 Å². The van der Waals surface area contributed by atoms with Crippen LogP contribution in [-0.2, 0) is 4.79 Å². The molecule has 1 N–H and O–H groups in total. The zero-order valence-corrected chi connectivity index (χ0v) is 9.22. The lowest BCUT2D eigenvalue weighted by atomic mass is 10.1. The fourth-order valence-electron chi connectivity index (χ4n) is 0.868. The van der Waals surface area contributed by atoms with Crippen LogP contribution in [0.25, 0.3) is 6.08 Å². The van der Waals surface area contributed by atoms with Crippen LogP contribution >= 0.6 is 22.6 Å². The Morgan fingerprint density at radius 1 is 1.43 bits per heavy atom. The van der Waals surface area contributed by atoms with E-state index in [0.29, 0.717) is 5.56 Å². The Hall–Kier alpha value is -1.35. The second-order valence-corrected chi connectivity index (χ2v) is 3.77. The molecule has 0 fully saturated rings. The van der Waals surface area contributed by atoms with Crippen molar-refractivity contribution in [2.24, 2.45) is 0 Å². The lowest BCUT2D eigenvalue weighted by Crippen LogP contribution is -1.97. The Balaban J connectivity index is 3.03. The maximum absolute atomic E-state index is 10.5. The molecule has 1 aromatic rings. The summed E-state index contributed by atoms with van der Waals surface area (Å²) >= 11 is 2.15. The third-order valence-electron chi connectivity index (χ3n) is 1.53. The summed E-state index contributed by atoms with van der Waals surface area (Å²) in [5.74, 6) is -1.20. The van der Waals surface area contributed by atoms with Crippen molar-refractivity contribution in [3.8, 4) is 6.07 Å². The highest BCUT2D eigenvalue weighted by Gasteiger charge is 2.04. The van der Waals surface area contributed by atoms with E-state index in [1.165, 1.54) is 6.08 Å². The third-order valence-corrected chi connectivity index (χ3v) is 2.25. The Bertz CT molecular complexity index is 415. The van der Waals surface area contributed by atoms with E-state index in [4.69, 9.17) is 10.4 Å². The van der Waals surface area contributed by atoms with E-state index in [2.05, 4.69) is 22.6 Å². The minimum Gasteiger partial charge on any atom is -0.477 e. The average molecular weight is 299 g/mol. The Labute approximate surface area is 94.8 Å². The lowest BCUT2D eigenvalue weighted by molar-refractivity contribution is -0.132. The molecule has 0 aromatic heterocycles. The zero-order chi connectivity index (χ0) is 10.6. The van der Waals surface area contributed by atoms with Crippen molar-refractivity contribution in [2.45, 2.75) is 0 Å². The first-order valence-electron chi connectivity index (χ1n) is 3.74. The van der Waals surface area contributed by atoms with Gasteiger partial charge in [-0.1, -0.05) is 12.1 Å². The first-order valence-corrected chi connectivity index (χ1v) is 4.82. The van der Waals surface area contributed by atoms with Gasteiger partial charge in [0.1, 0.15) is 11.6 Å². The molecule has 0 spiro atoms. The fraction of sp³-hybridized carbons (Fsp3) is 0. The van der Waals surface area contributed by atoms with Crippen LogP contribution in [0.2, 0.25) is 0 Å². The van der Waals surface area contributed by atoms with E-state index in [9.17, 15) is 4.79 Å². The molecule has 0 aliphatic rings. The second kappa shape index (κ2) is 4.77. The summed E-state index contributed by atoms with van der Waals surface area (Å²) in [4.78, 5) is 10.5. The molecule has 0 bridgehead atoms. The number of carbonyl (C=O) groups is 1. The monoisotopic (exact) mass is 299 g/mol. The van der Waals surface area contributed by atoms with Crippen LogP contribution in [-0.4, -0.2) is 11.1 Å². The van der Waals surface area contributed by atoms with Crippen molar-refractivity contribution >= 4 is 34.6 Å². The standard InChI is InChI=1S/C10H6INO2/c11-9-3-1-7(2-4-9)5-8(6-12)10(13)14/h1-5H,(H,13,14)/b8-5+. The van der Waals surface area contributed by atoms with Crippen molar-refractivity contribution in [3.63, 3.8) is 0 Å². The number of benzene rings is 1. The number of carboxylic acids is 1. The Morgan fingerprint density at radius 3 is 2.43 bits per heavy atom. The van der Waals surface area contributed by atoms with E-state index in [-0.39, 0.29) is 5.57 Å². The SMILES string of the molecule is N#C/C(=C\c1ccc(I)cc1)C(=O)O. The van der Waals surface area contributed by atoms with Gasteiger partial charge in [-0.05, 0) is 46.4 Å². The van der Waals surface area contributed by atoms with Crippen molar-refractivity contribution in [3.05, 3.63) is 39.0 Å². The number of hydrogen-bond donors (Lipinski definition) is 1. The van der Waals surface area contributed by atoms with Crippen LogP contribution in [0.15, 0.2) is 29.8 Å². The summed E-state index contributed by atoms with van der Waals surface area (Å²) in [7, 11) is 0. The van der Waals surface area contributed by atoms with Crippen LogP contribution in [0.3, 0.4) is 0 Å². The molecule has 0 unspecified atom stereocenters. The van der Waals surface area contributed by atoms with E-state index in [1.54, 1.807) is 18.2 Å². The van der Waals surface area contributed by atoms with E-state index in [1.807, 2.05) is 12.1 Å². The van der Waals surface area contributed by atoms with Crippen molar-refractivity contribution < 1.29 is 9.90 Å². The molecule has 4 heteroatoms. The highest BCUT2D eigenvalue weighted by Crippen LogP contribution is 2.10. The summed E-state index contributed by atoms with van der Waals surface area (Å²) in [6.07, 6.45) is 1.35. The van der Waals surface area contributed by atoms with Crippen LogP contribution in [0.4, 0.5) is 0 Å². The molecule has 0 saturated heterocycles. The summed E-state index contributed by atoms with van der Waals surface area (Å²) < 4.78 is 1.06. The quantitative estimate of drug-likeness (QED) is 0.518. The molecule has 0 atom stereocenters. The van der Waals surface area contributed by atoms with E-state index in [0.717, 1.165) is 3.57 Å². The zero-order valence-electron chi connectivity index (χ0n) is 7.07. The second-order valence-electron chi connectivity index (χ2n) is 2.53. The number of nitriles is 1. The van der Waals surface area contributed by atoms with Crippen molar-refractivity contribution in [1.82, 2.24) is 0 Å². The van der Waals surface area contributed by atoms with Crippen molar-refractivity contribution in [2.75, 3.05) is 0 Å². The third kappa shape index (κ3) is 2.85. The van der Waals surface area contributed by atoms with Gasteiger partial charge in [-0.2, -0.15) is 5.26 Å². The molecule has 0 radical (unpaired) electrons. The van der Waals surface area contributed by atoms with Gasteiger partial charge < -0.3 is 5.11 Å². The lowest BCUT2D eigenvalue weighted by Gasteiger charge is -1.94. The molecule has 0 amide bonds. The summed E-state index contributed by atoms with van der Waals surface area (Å²) in [5, 5.41) is 17.1. The van der Waals surface area contributed by atoms with Crippen LogP contribution in [0, 0.1) is 14.9 Å². The number of nitrogens with zero attached hydrogens (tertiary/aromatic N) is 1. The normalized spacial score (nSPS) is 10.7. The van der Waals surface area contributed by atoms with Gasteiger partial charge in [0.05, 0.1) is 0 Å². The maximum atomic E-state index is 10.5. The van der Waals surface area contributed by atoms with Gasteiger partial charge in [0.15, 0.2) is 0 Å². The minimum atomic E-state index is -1.20. The van der Waals surface area contributed by atoms with Crippen LogP contribution < -0.4 is 0 Å². The van der Waals surface area contributed by atoms with Crippen LogP contribution in [0.1, 0.15) is 5.56 Å². The summed E-state index contributed by atoms with van der Waals surface area (Å²) in [6, 6.07) is 8.86. The molecule has 0 saturated carbocycles. The summed E-state index contributed by atoms with van der Waals surface area (Å²) in [5.41, 5.74) is 0.454. The number of rotatable bonds is 2. The largest absolute Gasteiger partial charge is 0.477 e. The molecular weight excluding hydrogens is 293 g/mol. The van der Waals surface area contributed by atoms with Gasteiger partial charge in [0, 0.05) is 3.57 Å². The molecule has 0 aliphatic heterocycles. The fourth-order valence-corrected chi connectivity index (χ4v) is 1.23. The minimum absolute atomic E-state index is 0.258. The molecule has 0 heterocycles. The highest BCUT2D eigenvalue weighted by molar-refractivity contribution is 14.1. The topological polar surface area (TPSA) is 61.1 Å². The number of hydrogen-bond acceptors (Lipinski definition) is 2. The molecule has 70 valence electrons. The van der Waals surface area contributed by atoms with E-state index >= 15 is 0 Å². The number of aliphatic carboxylic acids is 1. The van der Waals surface area contributed by atoms with Gasteiger partial charge in [-0.3, -0.25) is 0 Å². The molecule has 1 rings (SSSR count). The smallest absolute Gasteiger partial charge is 0.346 e. The predicted molar refractivity (Wildman–Crippen MR) is 60.4 cm³/mol. The van der Waals surface area contributed by atoms with Gasteiger partial charge in [-0.15, -0.1) is 0 Å². The Kier molecular flexibility index (Phi) is 3.65. The number of carboxylic acid groups (broad SMARTS) is 1. The molecule has 3 nitrogen and oxygen atoms in total. The predicted octanol–water partition coefficient (Wildman–Crippen LogP) is 2.28. The Morgan fingerprint density at radius 2 is 2.00 bits per heavy atom. The van der Waals surface area contributed by atoms with Crippen LogP contribution in [0.5, 0.6) is 0 Å². The number of halogens is 1. The first-order chi connectivity index (χ1) is 6.63. The van der Waals surface area contributed by atoms with E-state index < -0.39 is 5.97 Å². The summed E-state index contributed by atoms with van der Waals surface area (Å²) in [6.45, 7) is 0. The van der Waals surface area contributed by atoms with Gasteiger partial charge in [-0.25, -0.2) is 4.79 Å². The van der Waals surface area contributed by atoms with Gasteiger partial charge >= 0.3 is 5.97 Å². The maximum Gasteiger partial charge on any atom is 0.346 e. The van der Waals surface area contributed by atoms with Gasteiger partial charge in [0.25, 0.3) is 0 Å². The molecule has 14 heavy (non-hydrogen) atoms. The molecule has 0 aliphatic carbocycles. The first kappa shape index (κ1) is 10.7. The highest BCUT2D eigenvalue weighted by atomic mass is 127. The molecule has 1 aromatic carbocycles. The molecular formula is C10H6INO2.